The van der Waals surface area contributed by atoms with Crippen molar-refractivity contribution in [2.45, 2.75) is 58.2 Å². The molecule has 1 N–H and O–H groups in total. The number of carbonyl (C=O) groups excluding carboxylic acids is 3. The van der Waals surface area contributed by atoms with Crippen molar-refractivity contribution in [1.82, 2.24) is 15.1 Å². The summed E-state index contributed by atoms with van der Waals surface area (Å²) in [4.78, 5) is 39.7. The summed E-state index contributed by atoms with van der Waals surface area (Å²) in [6, 6.07) is -0.0902. The minimum atomic E-state index is -0.225. The van der Waals surface area contributed by atoms with Crippen LogP contribution in [-0.2, 0) is 19.1 Å². The third kappa shape index (κ3) is 6.68. The lowest BCUT2D eigenvalue weighted by Gasteiger charge is -2.39. The average molecular weight is 383 g/mol. The van der Waals surface area contributed by atoms with E-state index >= 15 is 0 Å². The van der Waals surface area contributed by atoms with Crippen LogP contribution in [0.4, 0.5) is 4.79 Å². The van der Waals surface area contributed by atoms with Crippen molar-refractivity contribution in [1.29, 1.82) is 0 Å². The van der Waals surface area contributed by atoms with Crippen LogP contribution in [0.2, 0.25) is 0 Å². The summed E-state index contributed by atoms with van der Waals surface area (Å²) in [5.41, 5.74) is 0. The molecule has 2 unspecified atom stereocenters. The summed E-state index contributed by atoms with van der Waals surface area (Å²) in [5, 5.41) is 2.89. The number of piperidine rings is 1. The Balaban J connectivity index is 1.66. The Hall–Kier alpha value is -1.83. The van der Waals surface area contributed by atoms with Gasteiger partial charge in [-0.1, -0.05) is 0 Å². The molecule has 2 saturated heterocycles. The lowest BCUT2D eigenvalue weighted by Crippen LogP contribution is -2.52. The molecule has 0 aromatic carbocycles. The fraction of sp³-hybridized carbons (Fsp3) is 0.842. The van der Waals surface area contributed by atoms with Crippen molar-refractivity contribution in [3.63, 3.8) is 0 Å². The topological polar surface area (TPSA) is 88.2 Å². The fourth-order valence-corrected chi connectivity index (χ4v) is 3.75. The van der Waals surface area contributed by atoms with Crippen LogP contribution in [0.1, 0.15) is 46.0 Å². The Labute approximate surface area is 161 Å². The monoisotopic (exact) mass is 383 g/mol. The standard InChI is InChI=1S/C19H33N3O5/c1-14-12-22(13-15(2)27-14)18(24)16-7-10-21(11-8-16)19(25)20-9-5-4-6-17(23)26-3/h14-16H,4-13H2,1-3H3,(H,20,25). The van der Waals surface area contributed by atoms with E-state index in [-0.39, 0.29) is 36.0 Å². The predicted molar refractivity (Wildman–Crippen MR) is 100 cm³/mol. The van der Waals surface area contributed by atoms with Crippen LogP contribution in [0.3, 0.4) is 0 Å². The van der Waals surface area contributed by atoms with Gasteiger partial charge in [0.15, 0.2) is 0 Å². The van der Waals surface area contributed by atoms with E-state index in [1.807, 2.05) is 18.7 Å². The normalized spacial score (nSPS) is 23.8. The van der Waals surface area contributed by atoms with Gasteiger partial charge in [-0.05, 0) is 39.5 Å². The third-order valence-corrected chi connectivity index (χ3v) is 5.17. The summed E-state index contributed by atoms with van der Waals surface area (Å²) in [6.45, 7) is 7.02. The molecule has 2 atom stereocenters. The number of nitrogens with zero attached hydrogens (tertiary/aromatic N) is 2. The van der Waals surface area contributed by atoms with Crippen LogP contribution in [0.5, 0.6) is 0 Å². The SMILES string of the molecule is COC(=O)CCCCNC(=O)N1CCC(C(=O)N2CC(C)OC(C)C2)CC1. The van der Waals surface area contributed by atoms with Gasteiger partial charge < -0.3 is 24.6 Å². The minimum absolute atomic E-state index is 0.00777. The highest BCUT2D eigenvalue weighted by atomic mass is 16.5. The maximum Gasteiger partial charge on any atom is 0.317 e. The Kier molecular flexibility index (Phi) is 8.34. The van der Waals surface area contributed by atoms with Gasteiger partial charge in [0.2, 0.25) is 5.91 Å². The maximum absolute atomic E-state index is 12.8. The molecular weight excluding hydrogens is 350 g/mol. The van der Waals surface area contributed by atoms with E-state index in [2.05, 4.69) is 10.1 Å². The molecule has 2 aliphatic rings. The summed E-state index contributed by atoms with van der Waals surface area (Å²) < 4.78 is 10.3. The summed E-state index contributed by atoms with van der Waals surface area (Å²) >= 11 is 0. The lowest BCUT2D eigenvalue weighted by molar-refractivity contribution is -0.148. The number of hydrogen-bond acceptors (Lipinski definition) is 5. The quantitative estimate of drug-likeness (QED) is 0.553. The van der Waals surface area contributed by atoms with Gasteiger partial charge in [0.05, 0.1) is 19.3 Å². The van der Waals surface area contributed by atoms with E-state index < -0.39 is 0 Å². The molecule has 2 heterocycles. The number of urea groups is 1. The van der Waals surface area contributed by atoms with Gasteiger partial charge in [0.25, 0.3) is 0 Å². The number of rotatable bonds is 6. The first-order chi connectivity index (χ1) is 12.9. The van der Waals surface area contributed by atoms with Crippen molar-refractivity contribution >= 4 is 17.9 Å². The van der Waals surface area contributed by atoms with Crippen molar-refractivity contribution < 1.29 is 23.9 Å². The van der Waals surface area contributed by atoms with Crippen molar-refractivity contribution in [2.75, 3.05) is 39.8 Å². The van der Waals surface area contributed by atoms with Gasteiger partial charge in [-0.3, -0.25) is 9.59 Å². The highest BCUT2D eigenvalue weighted by molar-refractivity contribution is 5.80. The van der Waals surface area contributed by atoms with Gasteiger partial charge in [0, 0.05) is 45.1 Å². The van der Waals surface area contributed by atoms with Crippen LogP contribution in [0.15, 0.2) is 0 Å². The molecule has 0 bridgehead atoms. The predicted octanol–water partition coefficient (Wildman–Crippen LogP) is 1.39. The first kappa shape index (κ1) is 21.5. The minimum Gasteiger partial charge on any atom is -0.469 e. The first-order valence-electron chi connectivity index (χ1n) is 9.94. The zero-order valence-corrected chi connectivity index (χ0v) is 16.7. The van der Waals surface area contributed by atoms with E-state index in [1.165, 1.54) is 7.11 Å². The van der Waals surface area contributed by atoms with Gasteiger partial charge in [-0.2, -0.15) is 0 Å². The second kappa shape index (κ2) is 10.5. The molecule has 8 nitrogen and oxygen atoms in total. The number of amides is 3. The van der Waals surface area contributed by atoms with E-state index in [9.17, 15) is 14.4 Å². The van der Waals surface area contributed by atoms with E-state index in [0.717, 1.165) is 6.42 Å². The number of methoxy groups -OCH3 is 1. The second-order valence-corrected chi connectivity index (χ2v) is 7.53. The van der Waals surface area contributed by atoms with Crippen LogP contribution in [0, 0.1) is 5.92 Å². The molecule has 154 valence electrons. The molecule has 0 radical (unpaired) electrons. The Bertz CT molecular complexity index is 509. The Morgan fingerprint density at radius 1 is 1.04 bits per heavy atom. The smallest absolute Gasteiger partial charge is 0.317 e. The second-order valence-electron chi connectivity index (χ2n) is 7.53. The van der Waals surface area contributed by atoms with Crippen molar-refractivity contribution in [3.8, 4) is 0 Å². The fourth-order valence-electron chi connectivity index (χ4n) is 3.75. The number of hydrogen-bond donors (Lipinski definition) is 1. The molecule has 0 aromatic rings. The van der Waals surface area contributed by atoms with Gasteiger partial charge in [0.1, 0.15) is 0 Å². The molecule has 3 amide bonds. The number of carbonyl (C=O) groups is 3. The van der Waals surface area contributed by atoms with Gasteiger partial charge in [-0.15, -0.1) is 0 Å². The van der Waals surface area contributed by atoms with Crippen LogP contribution < -0.4 is 5.32 Å². The zero-order valence-electron chi connectivity index (χ0n) is 16.7. The molecule has 0 aliphatic carbocycles. The molecule has 27 heavy (non-hydrogen) atoms. The highest BCUT2D eigenvalue weighted by Crippen LogP contribution is 2.22. The molecule has 8 heteroatoms. The largest absolute Gasteiger partial charge is 0.469 e. The van der Waals surface area contributed by atoms with Gasteiger partial charge in [-0.25, -0.2) is 4.79 Å². The molecule has 2 fully saturated rings. The lowest BCUT2D eigenvalue weighted by atomic mass is 9.95. The summed E-state index contributed by atoms with van der Waals surface area (Å²) in [5.74, 6) is -0.0383. The van der Waals surface area contributed by atoms with E-state index in [0.29, 0.717) is 58.4 Å². The molecular formula is C19H33N3O5. The first-order valence-corrected chi connectivity index (χ1v) is 9.94. The third-order valence-electron chi connectivity index (χ3n) is 5.17. The number of ether oxygens (including phenoxy) is 2. The molecule has 0 saturated carbocycles. The number of esters is 1. The Morgan fingerprint density at radius 3 is 2.26 bits per heavy atom. The van der Waals surface area contributed by atoms with Crippen LogP contribution in [0.25, 0.3) is 0 Å². The van der Waals surface area contributed by atoms with Crippen LogP contribution in [-0.4, -0.2) is 79.7 Å². The summed E-state index contributed by atoms with van der Waals surface area (Å²) in [6.07, 6.45) is 3.36. The molecule has 0 aromatic heterocycles. The van der Waals surface area contributed by atoms with E-state index in [4.69, 9.17) is 4.74 Å². The highest BCUT2D eigenvalue weighted by Gasteiger charge is 2.33. The van der Waals surface area contributed by atoms with E-state index in [1.54, 1.807) is 4.90 Å². The maximum atomic E-state index is 12.8. The molecule has 2 aliphatic heterocycles. The van der Waals surface area contributed by atoms with Crippen molar-refractivity contribution in [3.05, 3.63) is 0 Å². The average Bonchev–Trinajstić information content (AvgIpc) is 2.66. The number of morpholine rings is 1. The van der Waals surface area contributed by atoms with Gasteiger partial charge >= 0.3 is 12.0 Å². The van der Waals surface area contributed by atoms with Crippen molar-refractivity contribution in [2.24, 2.45) is 5.92 Å². The summed E-state index contributed by atoms with van der Waals surface area (Å²) in [7, 11) is 1.37. The zero-order chi connectivity index (χ0) is 19.8. The Morgan fingerprint density at radius 2 is 1.67 bits per heavy atom. The van der Waals surface area contributed by atoms with Crippen LogP contribution >= 0.6 is 0 Å². The molecule has 0 spiro atoms. The number of nitrogens with one attached hydrogen (secondary N) is 1. The molecule has 2 rings (SSSR count). The number of likely N-dealkylation sites (tertiary alicyclic amines) is 1. The number of unbranched alkanes of at least 4 members (excludes halogenated alkanes) is 1.